The first-order chi connectivity index (χ1) is 35.6. The number of ether oxygens (including phenoxy) is 8. The first-order valence-electron chi connectivity index (χ1n) is 23.2. The topological polar surface area (TPSA) is 445 Å². The molecule has 27 heteroatoms. The lowest BCUT2D eigenvalue weighted by molar-refractivity contribution is -0.355. The summed E-state index contributed by atoms with van der Waals surface area (Å²) in [6.07, 6.45) is -36.0. The predicted octanol–water partition coefficient (Wildman–Crippen LogP) is -4.43. The second-order valence-electron chi connectivity index (χ2n) is 18.2. The minimum atomic E-state index is -2.22. The molecule has 4 saturated heterocycles. The van der Waals surface area contributed by atoms with Crippen molar-refractivity contribution >= 4 is 23.0 Å². The van der Waals surface area contributed by atoms with Crippen LogP contribution < -0.4 is 14.9 Å². The highest BCUT2D eigenvalue weighted by Crippen LogP contribution is 2.47. The Hall–Kier alpha value is -5.64. The van der Waals surface area contributed by atoms with Crippen LogP contribution >= 0.6 is 0 Å². The summed E-state index contributed by atoms with van der Waals surface area (Å²) in [6.45, 7) is -1.36. The van der Waals surface area contributed by atoms with E-state index >= 15 is 4.79 Å². The van der Waals surface area contributed by atoms with Crippen LogP contribution in [0.1, 0.15) is 24.2 Å². The molecule has 4 aromatic rings. The highest BCUT2D eigenvalue weighted by Gasteiger charge is 2.52. The molecule has 0 bridgehead atoms. The third-order valence-electron chi connectivity index (χ3n) is 13.2. The van der Waals surface area contributed by atoms with Gasteiger partial charge in [0.1, 0.15) is 132 Å². The summed E-state index contributed by atoms with van der Waals surface area (Å²) < 4.78 is 52.2. The summed E-state index contributed by atoms with van der Waals surface area (Å²) in [5.74, 6) is -4.57. The van der Waals surface area contributed by atoms with Crippen molar-refractivity contribution in [3.8, 4) is 40.1 Å². The van der Waals surface area contributed by atoms with Crippen molar-refractivity contribution < 1.29 is 129 Å². The van der Waals surface area contributed by atoms with Gasteiger partial charge in [0.15, 0.2) is 18.2 Å². The van der Waals surface area contributed by atoms with Gasteiger partial charge in [-0.3, -0.25) is 4.79 Å². The van der Waals surface area contributed by atoms with E-state index in [9.17, 15) is 86.5 Å². The molecule has 3 aromatic carbocycles. The molecule has 0 unspecified atom stereocenters. The van der Waals surface area contributed by atoms with Crippen LogP contribution in [0, 0.1) is 0 Å². The minimum Gasteiger partial charge on any atom is -0.508 e. The van der Waals surface area contributed by atoms with Gasteiger partial charge in [-0.05, 0) is 55.0 Å². The van der Waals surface area contributed by atoms with Crippen molar-refractivity contribution in [2.45, 2.75) is 130 Å². The monoisotopic (exact) mass is 1060 g/mol. The largest absolute Gasteiger partial charge is 0.508 e. The van der Waals surface area contributed by atoms with E-state index in [0.717, 1.165) is 12.1 Å². The van der Waals surface area contributed by atoms with Crippen molar-refractivity contribution in [1.29, 1.82) is 0 Å². The first-order valence-corrected chi connectivity index (χ1v) is 23.2. The molecule has 0 amide bonds. The van der Waals surface area contributed by atoms with Crippen molar-refractivity contribution in [2.75, 3.05) is 19.8 Å². The fourth-order valence-electron chi connectivity index (χ4n) is 8.86. The van der Waals surface area contributed by atoms with E-state index in [2.05, 4.69) is 0 Å². The van der Waals surface area contributed by atoms with Crippen LogP contribution in [-0.4, -0.2) is 224 Å². The molecule has 0 saturated carbocycles. The number of fused-ring (bicyclic) bond motifs is 1. The zero-order chi connectivity index (χ0) is 54.3. The Kier molecular flexibility index (Phi) is 17.0. The Balaban J connectivity index is 1.22. The average Bonchev–Trinajstić information content (AvgIpc) is 3.39. The Morgan fingerprint density at radius 3 is 1.80 bits per heavy atom. The molecule has 4 fully saturated rings. The highest BCUT2D eigenvalue weighted by molar-refractivity contribution is 5.90. The maximum absolute atomic E-state index is 15.1. The first kappa shape index (κ1) is 55.6. The van der Waals surface area contributed by atoms with Crippen LogP contribution in [0.25, 0.3) is 28.4 Å². The van der Waals surface area contributed by atoms with Gasteiger partial charge in [0.2, 0.25) is 23.8 Å². The molecular weight excluding hydrogens is 1010 g/mol. The second kappa shape index (κ2) is 22.9. The summed E-state index contributed by atoms with van der Waals surface area (Å²) in [5, 5.41) is 171. The quantitative estimate of drug-likeness (QED) is 0.0418. The minimum absolute atomic E-state index is 0.0247. The summed E-state index contributed by atoms with van der Waals surface area (Å²) in [6, 6.07) is 11.4. The van der Waals surface area contributed by atoms with Gasteiger partial charge in [0.25, 0.3) is 0 Å². The van der Waals surface area contributed by atoms with E-state index in [1.54, 1.807) is 0 Å². The molecular formula is C48H56O27. The number of aliphatic hydroxyl groups excluding tert-OH is 13. The summed E-state index contributed by atoms with van der Waals surface area (Å²) in [4.78, 5) is 27.8. The highest BCUT2D eigenvalue weighted by atomic mass is 16.8. The van der Waals surface area contributed by atoms with Crippen LogP contribution in [0.3, 0.4) is 0 Å². The van der Waals surface area contributed by atoms with Gasteiger partial charge in [0.05, 0.1) is 24.9 Å². The maximum atomic E-state index is 15.1. The third-order valence-corrected chi connectivity index (χ3v) is 13.2. The smallest absolute Gasteiger partial charge is 0.330 e. The van der Waals surface area contributed by atoms with Gasteiger partial charge >= 0.3 is 5.97 Å². The Morgan fingerprint density at radius 2 is 1.17 bits per heavy atom. The number of hydrogen-bond acceptors (Lipinski definition) is 27. The number of aromatic hydroxyl groups is 3. The molecule has 1 aromatic heterocycles. The van der Waals surface area contributed by atoms with E-state index in [0.29, 0.717) is 5.56 Å². The number of phenolic OH excluding ortho intramolecular Hbond substituents is 3. The molecule has 410 valence electrons. The van der Waals surface area contributed by atoms with Gasteiger partial charge in [-0.2, -0.15) is 0 Å². The molecule has 20 atom stereocenters. The SMILES string of the molecule is C[C@H]1O[C@H](Oc2c(-c3ccc(O)cc3)oc3cc(O[C@@H]4O[C@H](COC(=O)/C=C/c5ccc(O)cc5)[C@@H](O)[C@H](O)[C@H]4O)c([C@@H]4O[C@H](CO)[C@@H](O)[C@H](O)[C@H]4O)c(O)c3c2=O)[C@@H](O[C@@H]2O[C@H](CO)[C@@H](O)[C@H](O)[C@H]2O)[C@@H](O)[C@@H]1O. The fraction of sp³-hybridized carbons (Fsp3) is 0.500. The zero-order valence-electron chi connectivity index (χ0n) is 39.2. The van der Waals surface area contributed by atoms with Gasteiger partial charge in [-0.1, -0.05) is 12.1 Å². The van der Waals surface area contributed by atoms with Crippen molar-refractivity contribution in [2.24, 2.45) is 0 Å². The number of carbonyl (C=O) groups excluding carboxylic acids is 1. The van der Waals surface area contributed by atoms with Gasteiger partial charge in [-0.15, -0.1) is 0 Å². The number of hydrogen-bond donors (Lipinski definition) is 16. The van der Waals surface area contributed by atoms with Gasteiger partial charge < -0.3 is 124 Å². The molecule has 0 aliphatic carbocycles. The van der Waals surface area contributed by atoms with Crippen LogP contribution in [0.2, 0.25) is 0 Å². The average molecular weight is 1060 g/mol. The lowest BCUT2D eigenvalue weighted by atomic mass is 9.89. The molecule has 5 heterocycles. The molecule has 0 radical (unpaired) electrons. The van der Waals surface area contributed by atoms with Crippen molar-refractivity contribution in [1.82, 2.24) is 0 Å². The molecule has 16 N–H and O–H groups in total. The fourth-order valence-corrected chi connectivity index (χ4v) is 8.86. The molecule has 27 nitrogen and oxygen atoms in total. The van der Waals surface area contributed by atoms with Crippen LogP contribution in [-0.2, 0) is 33.2 Å². The normalized spacial score (nSPS) is 36.3. The lowest BCUT2D eigenvalue weighted by Crippen LogP contribution is -2.64. The number of rotatable bonds is 14. The zero-order valence-corrected chi connectivity index (χ0v) is 39.2. The van der Waals surface area contributed by atoms with E-state index in [4.69, 9.17) is 42.3 Å². The summed E-state index contributed by atoms with van der Waals surface area (Å²) in [7, 11) is 0. The number of carbonyl (C=O) groups is 1. The number of aliphatic hydroxyl groups is 13. The van der Waals surface area contributed by atoms with Gasteiger partial charge in [0, 0.05) is 17.7 Å². The van der Waals surface area contributed by atoms with E-state index < -0.39 is 193 Å². The molecule has 4 aliphatic rings. The molecule has 4 aliphatic heterocycles. The van der Waals surface area contributed by atoms with Crippen LogP contribution in [0.5, 0.6) is 28.7 Å². The van der Waals surface area contributed by atoms with E-state index in [-0.39, 0.29) is 17.1 Å². The summed E-state index contributed by atoms with van der Waals surface area (Å²) in [5.41, 5.74) is -2.24. The van der Waals surface area contributed by atoms with Gasteiger partial charge in [-0.25, -0.2) is 4.79 Å². The van der Waals surface area contributed by atoms with E-state index in [1.807, 2.05) is 0 Å². The third kappa shape index (κ3) is 11.1. The summed E-state index contributed by atoms with van der Waals surface area (Å²) >= 11 is 0. The second-order valence-corrected chi connectivity index (χ2v) is 18.2. The standard InChI is InChI=1S/C48H56O27/c1-16-29(54)38(63)45(75-47-41(66)36(61)31(56)24(14-50)72-47)48(68-16)74-44-34(59)27-21(69-42(44)18-5-9-20(52)10-6-18)12-22(28(33(27)58)43-39(64)35(60)30(55)23(13-49)70-43)71-46-40(65)37(62)32(57)25(73-46)15-67-26(53)11-4-17-2-7-19(51)8-3-17/h2-12,16,23-25,29-32,35-41,43,45-52,54-58,60-66H,13-15H2,1H3/b11-4+/t16-,23-,24-,25-,29-,30-,31-,32-,35+,36+,37+,38+,39-,40-,41-,43+,45+,46-,47+,48-/m1/s1. The number of benzene rings is 3. The molecule has 75 heavy (non-hydrogen) atoms. The van der Waals surface area contributed by atoms with Crippen molar-refractivity contribution in [3.63, 3.8) is 0 Å². The molecule has 8 rings (SSSR count). The van der Waals surface area contributed by atoms with Crippen molar-refractivity contribution in [3.05, 3.63) is 82.0 Å². The Labute approximate surface area is 422 Å². The van der Waals surface area contributed by atoms with Crippen LogP contribution in [0.15, 0.2) is 69.9 Å². The van der Waals surface area contributed by atoms with E-state index in [1.165, 1.54) is 61.5 Å². The molecule has 0 spiro atoms. The lowest BCUT2D eigenvalue weighted by Gasteiger charge is -2.45. The predicted molar refractivity (Wildman–Crippen MR) is 245 cm³/mol. The maximum Gasteiger partial charge on any atom is 0.330 e. The Bertz CT molecular complexity index is 2700. The number of esters is 1. The van der Waals surface area contributed by atoms with Crippen LogP contribution in [0.4, 0.5) is 0 Å². The Morgan fingerprint density at radius 1 is 0.613 bits per heavy atom. The number of phenols is 3.